The summed E-state index contributed by atoms with van der Waals surface area (Å²) in [6.45, 7) is 0. The van der Waals surface area contributed by atoms with Gasteiger partial charge in [0.1, 0.15) is 23.1 Å². The zero-order chi connectivity index (χ0) is 40.2. The summed E-state index contributed by atoms with van der Waals surface area (Å²) in [4.78, 5) is 15.5. The van der Waals surface area contributed by atoms with Crippen molar-refractivity contribution in [3.05, 3.63) is 233 Å². The Balaban J connectivity index is 1.15. The Morgan fingerprint density at radius 2 is 0.750 bits per heavy atom. The van der Waals surface area contributed by atoms with Crippen LogP contribution in [0, 0.1) is 11.6 Å². The van der Waals surface area contributed by atoms with Crippen molar-refractivity contribution in [2.24, 2.45) is 0 Å². The first-order valence-electron chi connectivity index (χ1n) is 19.8. The third-order valence-corrected chi connectivity index (χ3v) is 11.6. The van der Waals surface area contributed by atoms with Crippen LogP contribution in [-0.4, -0.2) is 15.0 Å². The van der Waals surface area contributed by atoms with Crippen molar-refractivity contribution in [3.8, 4) is 67.9 Å². The van der Waals surface area contributed by atoms with Crippen molar-refractivity contribution in [2.75, 3.05) is 0 Å². The first-order valence-corrected chi connectivity index (χ1v) is 19.8. The van der Waals surface area contributed by atoms with E-state index in [0.717, 1.165) is 83.8 Å². The van der Waals surface area contributed by atoms with E-state index in [9.17, 15) is 8.78 Å². The molecular weight excluding hydrogens is 745 g/mol. The largest absolute Gasteiger partial charge is 0.457 e. The van der Waals surface area contributed by atoms with Crippen LogP contribution < -0.4 is 4.74 Å². The third-order valence-electron chi connectivity index (χ3n) is 11.6. The van der Waals surface area contributed by atoms with Gasteiger partial charge in [0, 0.05) is 27.8 Å². The van der Waals surface area contributed by atoms with Crippen LogP contribution in [-0.2, 0) is 5.41 Å². The van der Waals surface area contributed by atoms with Crippen LogP contribution in [0.25, 0.3) is 68.6 Å². The molecule has 284 valence electrons. The number of halogens is 2. The van der Waals surface area contributed by atoms with Gasteiger partial charge in [0.2, 0.25) is 0 Å². The van der Waals surface area contributed by atoms with Crippen molar-refractivity contribution in [1.82, 2.24) is 15.0 Å². The molecule has 0 radical (unpaired) electrons. The molecule has 0 atom stereocenters. The molecule has 0 fully saturated rings. The fourth-order valence-corrected chi connectivity index (χ4v) is 8.77. The SMILES string of the molecule is Fc1ccc(-c2cccc(-c3nc(-c4cccc(-c5ccc(F)cc5)c4)nc(-c4ccc5c(c4)C4(c6ccccc6C=C5)c5ccccc5Oc5ccccc54)n3)c2)cc1. The van der Waals surface area contributed by atoms with Crippen molar-refractivity contribution < 1.29 is 13.5 Å². The molecule has 0 saturated heterocycles. The highest BCUT2D eigenvalue weighted by Gasteiger charge is 2.47. The Kier molecular flexibility index (Phi) is 8.38. The summed E-state index contributed by atoms with van der Waals surface area (Å²) in [6.07, 6.45) is 4.39. The van der Waals surface area contributed by atoms with Crippen molar-refractivity contribution in [3.63, 3.8) is 0 Å². The summed E-state index contributed by atoms with van der Waals surface area (Å²) in [6, 6.07) is 60.5. The third kappa shape index (κ3) is 5.92. The van der Waals surface area contributed by atoms with Crippen LogP contribution >= 0.6 is 0 Å². The number of rotatable bonds is 5. The molecule has 0 unspecified atom stereocenters. The smallest absolute Gasteiger partial charge is 0.164 e. The molecule has 2 aliphatic rings. The van der Waals surface area contributed by atoms with Crippen LogP contribution in [0.5, 0.6) is 11.5 Å². The van der Waals surface area contributed by atoms with Gasteiger partial charge < -0.3 is 4.74 Å². The molecule has 2 heterocycles. The highest BCUT2D eigenvalue weighted by Crippen LogP contribution is 2.58. The van der Waals surface area contributed by atoms with Gasteiger partial charge in [-0.2, -0.15) is 0 Å². The van der Waals surface area contributed by atoms with Crippen LogP contribution in [0.1, 0.15) is 33.4 Å². The van der Waals surface area contributed by atoms with Gasteiger partial charge in [-0.05, 0) is 99.1 Å². The summed E-state index contributed by atoms with van der Waals surface area (Å²) in [5, 5.41) is 0. The van der Waals surface area contributed by atoms with E-state index in [-0.39, 0.29) is 11.6 Å². The highest BCUT2D eigenvalue weighted by molar-refractivity contribution is 5.85. The number of fused-ring (bicyclic) bond motifs is 8. The van der Waals surface area contributed by atoms with Crippen LogP contribution in [0.3, 0.4) is 0 Å². The minimum Gasteiger partial charge on any atom is -0.457 e. The summed E-state index contributed by atoms with van der Waals surface area (Å²) in [7, 11) is 0. The fourth-order valence-electron chi connectivity index (χ4n) is 8.77. The second-order valence-electron chi connectivity index (χ2n) is 15.0. The Bertz CT molecular complexity index is 3000. The van der Waals surface area contributed by atoms with E-state index in [4.69, 9.17) is 19.7 Å². The van der Waals surface area contributed by atoms with E-state index in [2.05, 4.69) is 78.9 Å². The maximum Gasteiger partial charge on any atom is 0.164 e. The van der Waals surface area contributed by atoms with Gasteiger partial charge in [-0.15, -0.1) is 0 Å². The van der Waals surface area contributed by atoms with Gasteiger partial charge in [-0.25, -0.2) is 23.7 Å². The molecule has 1 aliphatic heterocycles. The number of hydrogen-bond acceptors (Lipinski definition) is 4. The fraction of sp³-hybridized carbons (Fsp3) is 0.0185. The Morgan fingerprint density at radius 3 is 1.28 bits per heavy atom. The molecular formula is C54H33F2N3O. The lowest BCUT2D eigenvalue weighted by Gasteiger charge is -2.42. The van der Waals surface area contributed by atoms with Crippen LogP contribution in [0.15, 0.2) is 188 Å². The first-order chi connectivity index (χ1) is 29.5. The molecule has 8 aromatic carbocycles. The molecule has 60 heavy (non-hydrogen) atoms. The Hall–Kier alpha value is -7.83. The molecule has 0 N–H and O–H groups in total. The molecule has 9 aromatic rings. The van der Waals surface area contributed by atoms with Gasteiger partial charge in [0.05, 0.1) is 5.41 Å². The van der Waals surface area contributed by atoms with E-state index < -0.39 is 5.41 Å². The highest BCUT2D eigenvalue weighted by atomic mass is 19.1. The lowest BCUT2D eigenvalue weighted by atomic mass is 9.62. The maximum absolute atomic E-state index is 13.9. The monoisotopic (exact) mass is 777 g/mol. The van der Waals surface area contributed by atoms with Gasteiger partial charge in [-0.1, -0.05) is 146 Å². The summed E-state index contributed by atoms with van der Waals surface area (Å²) in [5.41, 5.74) is 11.7. The van der Waals surface area contributed by atoms with Crippen molar-refractivity contribution >= 4 is 12.2 Å². The topological polar surface area (TPSA) is 47.9 Å². The Labute approximate surface area is 345 Å². The average Bonchev–Trinajstić information content (AvgIpc) is 3.44. The molecule has 0 saturated carbocycles. The summed E-state index contributed by atoms with van der Waals surface area (Å²) >= 11 is 0. The van der Waals surface area contributed by atoms with Crippen LogP contribution in [0.2, 0.25) is 0 Å². The number of benzene rings is 8. The maximum atomic E-state index is 13.9. The normalized spacial score (nSPS) is 13.0. The molecule has 6 heteroatoms. The Morgan fingerprint density at radius 1 is 0.333 bits per heavy atom. The summed E-state index contributed by atoms with van der Waals surface area (Å²) in [5.74, 6) is 2.50. The van der Waals surface area contributed by atoms with E-state index >= 15 is 0 Å². The molecule has 4 nitrogen and oxygen atoms in total. The van der Waals surface area contributed by atoms with E-state index in [1.807, 2.05) is 72.8 Å². The second kappa shape index (κ2) is 14.2. The van der Waals surface area contributed by atoms with Crippen molar-refractivity contribution in [1.29, 1.82) is 0 Å². The van der Waals surface area contributed by atoms with Crippen LogP contribution in [0.4, 0.5) is 8.78 Å². The number of ether oxygens (including phenoxy) is 1. The minimum absolute atomic E-state index is 0.293. The quantitative estimate of drug-likeness (QED) is 0.175. The second-order valence-corrected chi connectivity index (χ2v) is 15.0. The molecule has 1 aromatic heterocycles. The standard InChI is InChI=1S/C54H33F2N3O/c55-43-27-23-34(24-28-43)38-10-7-12-40(31-38)51-57-52(41-13-8-11-39(32-41)35-25-29-44(56)30-26-35)59-53(58-51)42-22-21-37-20-19-36-9-1-2-14-45(36)54(48(37)33-42)46-15-3-5-17-49(46)60-50-18-6-4-16-47(50)54/h1-33H. The van der Waals surface area contributed by atoms with Gasteiger partial charge in [0.25, 0.3) is 0 Å². The van der Waals surface area contributed by atoms with Crippen molar-refractivity contribution in [2.45, 2.75) is 5.41 Å². The molecule has 0 amide bonds. The molecule has 0 bridgehead atoms. The molecule has 11 rings (SSSR count). The minimum atomic E-state index is -0.747. The number of para-hydroxylation sites is 2. The van der Waals surface area contributed by atoms with E-state index in [1.54, 1.807) is 24.3 Å². The van der Waals surface area contributed by atoms with E-state index in [1.165, 1.54) is 24.3 Å². The van der Waals surface area contributed by atoms with Gasteiger partial charge in [-0.3, -0.25) is 0 Å². The predicted octanol–water partition coefficient (Wildman–Crippen LogP) is 13.5. The zero-order valence-corrected chi connectivity index (χ0v) is 32.1. The van der Waals surface area contributed by atoms with E-state index in [0.29, 0.717) is 17.5 Å². The lowest BCUT2D eigenvalue weighted by molar-refractivity contribution is 0.434. The predicted molar refractivity (Wildman–Crippen MR) is 234 cm³/mol. The number of aromatic nitrogens is 3. The lowest BCUT2D eigenvalue weighted by Crippen LogP contribution is -2.35. The molecule has 1 spiro atoms. The first kappa shape index (κ1) is 35.3. The average molecular weight is 778 g/mol. The summed E-state index contributed by atoms with van der Waals surface area (Å²) < 4.78 is 34.5. The zero-order valence-electron chi connectivity index (χ0n) is 32.1. The van der Waals surface area contributed by atoms with Gasteiger partial charge in [0.15, 0.2) is 17.5 Å². The molecule has 1 aliphatic carbocycles. The number of hydrogen-bond donors (Lipinski definition) is 0. The number of nitrogens with zero attached hydrogens (tertiary/aromatic N) is 3. The van der Waals surface area contributed by atoms with Gasteiger partial charge >= 0.3 is 0 Å².